The van der Waals surface area contributed by atoms with E-state index in [0.29, 0.717) is 11.8 Å². The van der Waals surface area contributed by atoms with Crippen LogP contribution in [0.3, 0.4) is 0 Å². The summed E-state index contributed by atoms with van der Waals surface area (Å²) in [5, 5.41) is 4.23. The van der Waals surface area contributed by atoms with Gasteiger partial charge >= 0.3 is 0 Å². The van der Waals surface area contributed by atoms with Crippen molar-refractivity contribution < 1.29 is 4.79 Å². The fraction of sp³-hybridized carbons (Fsp3) is 0.500. The Morgan fingerprint density at radius 1 is 1.35 bits per heavy atom. The van der Waals surface area contributed by atoms with Crippen molar-refractivity contribution in [1.29, 1.82) is 0 Å². The predicted octanol–water partition coefficient (Wildman–Crippen LogP) is 2.55. The molecule has 2 aliphatic rings. The summed E-state index contributed by atoms with van der Waals surface area (Å²) in [6.45, 7) is 3.75. The normalized spacial score (nSPS) is 27.0. The maximum atomic E-state index is 12.8. The number of carbonyl (C=O) groups excluding carboxylic acids is 1. The van der Waals surface area contributed by atoms with Gasteiger partial charge in [0.05, 0.1) is 6.04 Å². The van der Waals surface area contributed by atoms with Crippen molar-refractivity contribution in [3.8, 4) is 0 Å². The van der Waals surface area contributed by atoms with Gasteiger partial charge in [-0.3, -0.25) is 4.79 Å². The lowest BCUT2D eigenvalue weighted by Gasteiger charge is -2.32. The molecule has 0 unspecified atom stereocenters. The number of hydrogen-bond acceptors (Lipinski definition) is 3. The minimum absolute atomic E-state index is 0.172. The smallest absolute Gasteiger partial charge is 0.226 e. The zero-order valence-electron chi connectivity index (χ0n) is 13.4. The maximum absolute atomic E-state index is 12.8. The van der Waals surface area contributed by atoms with Gasteiger partial charge in [0.15, 0.2) is 0 Å². The molecule has 3 atom stereocenters. The molecule has 0 N–H and O–H groups in total. The molecule has 1 saturated heterocycles. The van der Waals surface area contributed by atoms with E-state index in [1.807, 2.05) is 9.58 Å². The summed E-state index contributed by atoms with van der Waals surface area (Å²) in [4.78, 5) is 18.9. The van der Waals surface area contributed by atoms with E-state index in [1.54, 1.807) is 12.7 Å². The van der Waals surface area contributed by atoms with Crippen LogP contribution in [0.1, 0.15) is 42.3 Å². The van der Waals surface area contributed by atoms with Gasteiger partial charge in [0.2, 0.25) is 5.91 Å². The Hall–Kier alpha value is -2.17. The second-order valence-corrected chi connectivity index (χ2v) is 6.82. The molecule has 2 aromatic rings. The van der Waals surface area contributed by atoms with Crippen LogP contribution >= 0.6 is 0 Å². The molecule has 4 rings (SSSR count). The van der Waals surface area contributed by atoms with E-state index in [9.17, 15) is 4.79 Å². The van der Waals surface area contributed by atoms with Crippen molar-refractivity contribution in [3.63, 3.8) is 0 Å². The fourth-order valence-corrected chi connectivity index (χ4v) is 3.75. The summed E-state index contributed by atoms with van der Waals surface area (Å²) in [7, 11) is 0. The van der Waals surface area contributed by atoms with Gasteiger partial charge in [-0.1, -0.05) is 29.8 Å². The van der Waals surface area contributed by atoms with E-state index in [0.717, 1.165) is 32.4 Å². The number of aryl methyl sites for hydroxylation is 1. The summed E-state index contributed by atoms with van der Waals surface area (Å²) in [6, 6.07) is 8.83. The average molecular weight is 310 g/mol. The van der Waals surface area contributed by atoms with Crippen molar-refractivity contribution in [1.82, 2.24) is 19.7 Å². The van der Waals surface area contributed by atoms with Crippen LogP contribution in [-0.4, -0.2) is 38.7 Å². The first-order chi connectivity index (χ1) is 11.2. The lowest BCUT2D eigenvalue weighted by molar-refractivity contribution is -0.134. The highest BCUT2D eigenvalue weighted by Crippen LogP contribution is 2.49. The Bertz CT molecular complexity index is 697. The van der Waals surface area contributed by atoms with E-state index in [-0.39, 0.29) is 12.0 Å². The van der Waals surface area contributed by atoms with Crippen LogP contribution in [0.5, 0.6) is 0 Å². The third kappa shape index (κ3) is 2.87. The van der Waals surface area contributed by atoms with Gasteiger partial charge in [-0.05, 0) is 37.7 Å². The fourth-order valence-electron chi connectivity index (χ4n) is 3.75. The van der Waals surface area contributed by atoms with Crippen molar-refractivity contribution >= 4 is 5.91 Å². The minimum atomic E-state index is 0.172. The number of likely N-dealkylation sites (tertiary alicyclic amines) is 1. The van der Waals surface area contributed by atoms with Gasteiger partial charge < -0.3 is 4.90 Å². The molecule has 120 valence electrons. The summed E-state index contributed by atoms with van der Waals surface area (Å²) in [5.74, 6) is 0.904. The second-order valence-electron chi connectivity index (χ2n) is 6.82. The van der Waals surface area contributed by atoms with Crippen molar-refractivity contribution in [2.75, 3.05) is 13.1 Å². The number of aromatic nitrogens is 3. The Kier molecular flexibility index (Phi) is 3.63. The molecule has 5 nitrogen and oxygen atoms in total. The molecule has 1 aromatic carbocycles. The highest BCUT2D eigenvalue weighted by atomic mass is 16.2. The lowest BCUT2D eigenvalue weighted by Crippen LogP contribution is -2.41. The topological polar surface area (TPSA) is 51.0 Å². The molecule has 1 aliphatic carbocycles. The van der Waals surface area contributed by atoms with Crippen LogP contribution in [0.25, 0.3) is 0 Å². The average Bonchev–Trinajstić information content (AvgIpc) is 3.19. The second kappa shape index (κ2) is 5.80. The third-order valence-electron chi connectivity index (χ3n) is 5.10. The van der Waals surface area contributed by atoms with Crippen LogP contribution in [-0.2, 0) is 4.79 Å². The molecule has 0 bridgehead atoms. The number of benzene rings is 1. The number of nitrogens with zero attached hydrogens (tertiary/aromatic N) is 4. The monoisotopic (exact) mass is 310 g/mol. The first-order valence-electron chi connectivity index (χ1n) is 8.42. The molecule has 1 aromatic heterocycles. The molecule has 1 saturated carbocycles. The Balaban J connectivity index is 1.42. The molecule has 0 spiro atoms. The summed E-state index contributed by atoms with van der Waals surface area (Å²) >= 11 is 0. The molecule has 2 fully saturated rings. The predicted molar refractivity (Wildman–Crippen MR) is 86.9 cm³/mol. The molecule has 1 amide bonds. The van der Waals surface area contributed by atoms with Gasteiger partial charge in [-0.2, -0.15) is 5.10 Å². The zero-order valence-corrected chi connectivity index (χ0v) is 13.4. The molecule has 2 heterocycles. The number of hydrogen-bond donors (Lipinski definition) is 0. The standard InChI is InChI=1S/C18H22N4O/c1-13-4-2-5-14(8-13)16-9-17(16)18(23)21-7-3-6-15(10-21)22-12-19-11-20-22/h2,4-5,8,11-12,15-17H,3,6-7,9-10H2,1H3/t15-,16+,17-/m1/s1. The van der Waals surface area contributed by atoms with Crippen LogP contribution in [0.15, 0.2) is 36.9 Å². The van der Waals surface area contributed by atoms with E-state index >= 15 is 0 Å². The molecular weight excluding hydrogens is 288 g/mol. The SMILES string of the molecule is Cc1cccc([C@@H]2C[C@H]2C(=O)N2CCC[C@@H](n3cncn3)C2)c1. The highest BCUT2D eigenvalue weighted by molar-refractivity contribution is 5.83. The Morgan fingerprint density at radius 2 is 2.26 bits per heavy atom. The van der Waals surface area contributed by atoms with Crippen LogP contribution < -0.4 is 0 Å². The van der Waals surface area contributed by atoms with Gasteiger partial charge in [0, 0.05) is 19.0 Å². The highest BCUT2D eigenvalue weighted by Gasteiger charge is 2.46. The van der Waals surface area contributed by atoms with Crippen molar-refractivity contribution in [2.24, 2.45) is 5.92 Å². The maximum Gasteiger partial charge on any atom is 0.226 e. The summed E-state index contributed by atoms with van der Waals surface area (Å²) < 4.78 is 1.89. The largest absolute Gasteiger partial charge is 0.340 e. The summed E-state index contributed by atoms with van der Waals surface area (Å²) in [5.41, 5.74) is 2.58. The van der Waals surface area contributed by atoms with Gasteiger partial charge in [0.1, 0.15) is 12.7 Å². The first kappa shape index (κ1) is 14.4. The van der Waals surface area contributed by atoms with Crippen molar-refractivity contribution in [3.05, 3.63) is 48.0 Å². The number of amides is 1. The quantitative estimate of drug-likeness (QED) is 0.875. The molecular formula is C18H22N4O. The van der Waals surface area contributed by atoms with E-state index < -0.39 is 0 Å². The van der Waals surface area contributed by atoms with Crippen LogP contribution in [0, 0.1) is 12.8 Å². The van der Waals surface area contributed by atoms with Crippen molar-refractivity contribution in [2.45, 2.75) is 38.1 Å². The van der Waals surface area contributed by atoms with Gasteiger partial charge in [-0.25, -0.2) is 9.67 Å². The Morgan fingerprint density at radius 3 is 3.04 bits per heavy atom. The van der Waals surface area contributed by atoms with Crippen LogP contribution in [0.4, 0.5) is 0 Å². The number of carbonyl (C=O) groups is 1. The van der Waals surface area contributed by atoms with Gasteiger partial charge in [0.25, 0.3) is 0 Å². The Labute approximate surface area is 136 Å². The van der Waals surface area contributed by atoms with E-state index in [4.69, 9.17) is 0 Å². The number of piperidine rings is 1. The lowest BCUT2D eigenvalue weighted by atomic mass is 10.0. The molecule has 5 heteroatoms. The van der Waals surface area contributed by atoms with E-state index in [1.165, 1.54) is 11.1 Å². The number of rotatable bonds is 3. The van der Waals surface area contributed by atoms with E-state index in [2.05, 4.69) is 41.3 Å². The molecule has 23 heavy (non-hydrogen) atoms. The van der Waals surface area contributed by atoms with Gasteiger partial charge in [-0.15, -0.1) is 0 Å². The molecule has 0 radical (unpaired) electrons. The minimum Gasteiger partial charge on any atom is -0.340 e. The van der Waals surface area contributed by atoms with Crippen LogP contribution in [0.2, 0.25) is 0 Å². The summed E-state index contributed by atoms with van der Waals surface area (Å²) in [6.07, 6.45) is 6.42. The molecule has 1 aliphatic heterocycles. The third-order valence-corrected chi connectivity index (χ3v) is 5.10. The zero-order chi connectivity index (χ0) is 15.8. The first-order valence-corrected chi connectivity index (χ1v) is 8.42.